The SMILES string of the molecule is COC(C1CC1)C(N)c1c(F)cccc1F. The van der Waals surface area contributed by atoms with E-state index in [9.17, 15) is 8.78 Å². The predicted molar refractivity (Wildman–Crippen MR) is 56.8 cm³/mol. The Morgan fingerprint density at radius 3 is 2.31 bits per heavy atom. The van der Waals surface area contributed by atoms with E-state index in [0.717, 1.165) is 12.8 Å². The van der Waals surface area contributed by atoms with Gasteiger partial charge in [-0.15, -0.1) is 0 Å². The molecule has 0 amide bonds. The van der Waals surface area contributed by atoms with Crippen LogP contribution in [0.25, 0.3) is 0 Å². The lowest BCUT2D eigenvalue weighted by atomic mass is 9.98. The highest BCUT2D eigenvalue weighted by atomic mass is 19.1. The standard InChI is InChI=1S/C12H15F2NO/c1-16-12(7-5-6-7)11(15)10-8(13)3-2-4-9(10)14/h2-4,7,11-12H,5-6,15H2,1H3. The van der Waals surface area contributed by atoms with Crippen molar-refractivity contribution in [3.63, 3.8) is 0 Å². The van der Waals surface area contributed by atoms with E-state index in [2.05, 4.69) is 0 Å². The Hall–Kier alpha value is -1.00. The number of methoxy groups -OCH3 is 1. The van der Waals surface area contributed by atoms with Gasteiger partial charge in [-0.2, -0.15) is 0 Å². The zero-order valence-corrected chi connectivity index (χ0v) is 9.12. The first-order valence-electron chi connectivity index (χ1n) is 5.37. The summed E-state index contributed by atoms with van der Waals surface area (Å²) in [5.41, 5.74) is 5.82. The topological polar surface area (TPSA) is 35.2 Å². The molecule has 2 atom stereocenters. The summed E-state index contributed by atoms with van der Waals surface area (Å²) in [6.07, 6.45) is 1.73. The van der Waals surface area contributed by atoms with Crippen molar-refractivity contribution >= 4 is 0 Å². The van der Waals surface area contributed by atoms with Gasteiger partial charge in [0.2, 0.25) is 0 Å². The molecule has 1 aromatic carbocycles. The molecule has 1 saturated carbocycles. The number of hydrogen-bond donors (Lipinski definition) is 1. The van der Waals surface area contributed by atoms with E-state index >= 15 is 0 Å². The zero-order chi connectivity index (χ0) is 11.7. The molecule has 1 aliphatic carbocycles. The van der Waals surface area contributed by atoms with Gasteiger partial charge in [-0.3, -0.25) is 0 Å². The normalized spacial score (nSPS) is 19.5. The van der Waals surface area contributed by atoms with Crippen molar-refractivity contribution in [2.75, 3.05) is 7.11 Å². The van der Waals surface area contributed by atoms with Gasteiger partial charge in [-0.05, 0) is 30.9 Å². The van der Waals surface area contributed by atoms with Gasteiger partial charge in [0.25, 0.3) is 0 Å². The molecule has 1 aliphatic rings. The third kappa shape index (κ3) is 2.08. The third-order valence-electron chi connectivity index (χ3n) is 3.05. The molecule has 1 aromatic rings. The summed E-state index contributed by atoms with van der Waals surface area (Å²) in [6, 6.07) is 3.04. The molecule has 0 aliphatic heterocycles. The van der Waals surface area contributed by atoms with E-state index in [0.29, 0.717) is 5.92 Å². The Morgan fingerprint density at radius 2 is 1.88 bits per heavy atom. The lowest BCUT2D eigenvalue weighted by Crippen LogP contribution is -2.31. The smallest absolute Gasteiger partial charge is 0.131 e. The van der Waals surface area contributed by atoms with Gasteiger partial charge in [0, 0.05) is 12.7 Å². The highest BCUT2D eigenvalue weighted by molar-refractivity contribution is 5.24. The van der Waals surface area contributed by atoms with Crippen molar-refractivity contribution in [3.05, 3.63) is 35.4 Å². The highest BCUT2D eigenvalue weighted by Crippen LogP contribution is 2.39. The van der Waals surface area contributed by atoms with E-state index in [1.807, 2.05) is 0 Å². The average Bonchev–Trinajstić information content (AvgIpc) is 3.03. The van der Waals surface area contributed by atoms with Crippen LogP contribution in [-0.4, -0.2) is 13.2 Å². The van der Waals surface area contributed by atoms with E-state index in [4.69, 9.17) is 10.5 Å². The summed E-state index contributed by atoms with van der Waals surface area (Å²) in [4.78, 5) is 0. The summed E-state index contributed by atoms with van der Waals surface area (Å²) in [6.45, 7) is 0. The van der Waals surface area contributed by atoms with E-state index in [1.54, 1.807) is 0 Å². The van der Waals surface area contributed by atoms with Crippen molar-refractivity contribution in [1.82, 2.24) is 0 Å². The van der Waals surface area contributed by atoms with Crippen LogP contribution in [0.1, 0.15) is 24.4 Å². The second kappa shape index (κ2) is 4.47. The average molecular weight is 227 g/mol. The molecule has 0 saturated heterocycles. The maximum atomic E-state index is 13.5. The van der Waals surface area contributed by atoms with Crippen LogP contribution in [0.5, 0.6) is 0 Å². The van der Waals surface area contributed by atoms with Crippen LogP contribution < -0.4 is 5.73 Å². The van der Waals surface area contributed by atoms with Crippen LogP contribution >= 0.6 is 0 Å². The highest BCUT2D eigenvalue weighted by Gasteiger charge is 2.37. The van der Waals surface area contributed by atoms with Crippen molar-refractivity contribution in [2.24, 2.45) is 11.7 Å². The Balaban J connectivity index is 2.28. The second-order valence-corrected chi connectivity index (χ2v) is 4.20. The molecule has 88 valence electrons. The fraction of sp³-hybridized carbons (Fsp3) is 0.500. The van der Waals surface area contributed by atoms with Crippen LogP contribution in [0.2, 0.25) is 0 Å². The van der Waals surface area contributed by atoms with Crippen molar-refractivity contribution in [2.45, 2.75) is 25.0 Å². The number of halogens is 2. The first-order chi connectivity index (χ1) is 7.65. The van der Waals surface area contributed by atoms with Crippen molar-refractivity contribution in [1.29, 1.82) is 0 Å². The molecule has 2 N–H and O–H groups in total. The Kier molecular flexibility index (Phi) is 3.21. The van der Waals surface area contributed by atoms with Crippen LogP contribution in [0, 0.1) is 17.6 Å². The Bertz CT molecular complexity index is 359. The van der Waals surface area contributed by atoms with Crippen molar-refractivity contribution in [3.8, 4) is 0 Å². The monoisotopic (exact) mass is 227 g/mol. The Morgan fingerprint density at radius 1 is 1.31 bits per heavy atom. The lowest BCUT2D eigenvalue weighted by Gasteiger charge is -2.23. The van der Waals surface area contributed by atoms with Crippen molar-refractivity contribution < 1.29 is 13.5 Å². The minimum absolute atomic E-state index is 0.0683. The molecule has 0 bridgehead atoms. The van der Waals surface area contributed by atoms with E-state index in [-0.39, 0.29) is 11.7 Å². The van der Waals surface area contributed by atoms with Crippen LogP contribution in [0.15, 0.2) is 18.2 Å². The Labute approximate surface area is 93.4 Å². The fourth-order valence-corrected chi connectivity index (χ4v) is 2.05. The van der Waals surface area contributed by atoms with Gasteiger partial charge in [0.1, 0.15) is 11.6 Å². The number of ether oxygens (including phenoxy) is 1. The van der Waals surface area contributed by atoms with Crippen LogP contribution in [0.3, 0.4) is 0 Å². The number of benzene rings is 1. The summed E-state index contributed by atoms with van der Waals surface area (Å²) < 4.78 is 32.3. The van der Waals surface area contributed by atoms with Gasteiger partial charge in [0.15, 0.2) is 0 Å². The van der Waals surface area contributed by atoms with E-state index < -0.39 is 17.7 Å². The molecule has 2 unspecified atom stereocenters. The number of rotatable bonds is 4. The third-order valence-corrected chi connectivity index (χ3v) is 3.05. The lowest BCUT2D eigenvalue weighted by molar-refractivity contribution is 0.0604. The summed E-state index contributed by atoms with van der Waals surface area (Å²) in [7, 11) is 1.53. The predicted octanol–water partition coefficient (Wildman–Crippen LogP) is 2.39. The summed E-state index contributed by atoms with van der Waals surface area (Å²) >= 11 is 0. The molecular weight excluding hydrogens is 212 g/mol. The molecular formula is C12H15F2NO. The minimum Gasteiger partial charge on any atom is -0.379 e. The minimum atomic E-state index is -0.737. The molecule has 0 spiro atoms. The van der Waals surface area contributed by atoms with Crippen LogP contribution in [0.4, 0.5) is 8.78 Å². The summed E-state index contributed by atoms with van der Waals surface area (Å²) in [5, 5.41) is 0. The van der Waals surface area contributed by atoms with E-state index in [1.165, 1.54) is 25.3 Å². The molecule has 2 nitrogen and oxygen atoms in total. The first-order valence-corrected chi connectivity index (χ1v) is 5.37. The molecule has 0 heterocycles. The van der Waals surface area contributed by atoms with Gasteiger partial charge in [0.05, 0.1) is 12.1 Å². The van der Waals surface area contributed by atoms with Gasteiger partial charge >= 0.3 is 0 Å². The van der Waals surface area contributed by atoms with Gasteiger partial charge in [-0.25, -0.2) is 8.78 Å². The second-order valence-electron chi connectivity index (χ2n) is 4.20. The van der Waals surface area contributed by atoms with Crippen LogP contribution in [-0.2, 0) is 4.74 Å². The first kappa shape index (κ1) is 11.5. The summed E-state index contributed by atoms with van der Waals surface area (Å²) in [5.74, 6) is -0.871. The fourth-order valence-electron chi connectivity index (χ4n) is 2.05. The van der Waals surface area contributed by atoms with Gasteiger partial charge < -0.3 is 10.5 Å². The molecule has 4 heteroatoms. The molecule has 2 rings (SSSR count). The molecule has 0 radical (unpaired) electrons. The largest absolute Gasteiger partial charge is 0.379 e. The number of nitrogens with two attached hydrogens (primary N) is 1. The van der Waals surface area contributed by atoms with Gasteiger partial charge in [-0.1, -0.05) is 6.07 Å². The maximum absolute atomic E-state index is 13.5. The quantitative estimate of drug-likeness (QED) is 0.857. The number of hydrogen-bond acceptors (Lipinski definition) is 2. The molecule has 16 heavy (non-hydrogen) atoms. The zero-order valence-electron chi connectivity index (χ0n) is 9.12. The molecule has 1 fully saturated rings. The molecule has 0 aromatic heterocycles. The maximum Gasteiger partial charge on any atom is 0.131 e.